The maximum absolute atomic E-state index is 12.3. The zero-order chi connectivity index (χ0) is 28.7. The lowest BCUT2D eigenvalue weighted by Gasteiger charge is -2.45. The number of ether oxygens (including phenoxy) is 2. The number of nitrogens with one attached hydrogen (secondary N) is 2. The third-order valence-corrected chi connectivity index (χ3v) is 9.69. The van der Waals surface area contributed by atoms with E-state index in [-0.39, 0.29) is 68.5 Å². The molecule has 0 aliphatic carbocycles. The summed E-state index contributed by atoms with van der Waals surface area (Å²) < 4.78 is 31.1. The summed E-state index contributed by atoms with van der Waals surface area (Å²) in [5.41, 5.74) is 5.58. The Morgan fingerprint density at radius 3 is 2.48 bits per heavy atom. The Labute approximate surface area is 233 Å². The zero-order valence-corrected chi connectivity index (χ0v) is 24.2. The van der Waals surface area contributed by atoms with Crippen molar-refractivity contribution in [2.24, 2.45) is 0 Å². The number of rotatable bonds is 12. The average molecular weight is 582 g/mol. The van der Waals surface area contributed by atoms with E-state index in [0.717, 1.165) is 19.6 Å². The van der Waals surface area contributed by atoms with Gasteiger partial charge in [-0.25, -0.2) is 4.98 Å². The first-order valence-electron chi connectivity index (χ1n) is 13.6. The molecule has 222 valence electrons. The predicted molar refractivity (Wildman–Crippen MR) is 145 cm³/mol. The van der Waals surface area contributed by atoms with Gasteiger partial charge in [0.25, 0.3) is 5.56 Å². The largest absolute Gasteiger partial charge is 0.501 e. The standard InChI is InChI=1S/C24H39N7O8Si/c1-16-11-30-12-17(2)38-40(37-16,39-18(3)13-30)10-4-7-26-19(32)5-6-20(33)36-9-8-35-15-31-14-27-21-22(31)28-24(25)29-23(21)34/h14,16-18H,4-13,15H2,1-3H3,(H,26,32)(H3,25,28,29,34)/t16-,17?,18?,40?/m0/s1. The van der Waals surface area contributed by atoms with Gasteiger partial charge in [0.2, 0.25) is 11.9 Å². The van der Waals surface area contributed by atoms with Crippen molar-refractivity contribution in [2.75, 3.05) is 45.1 Å². The summed E-state index contributed by atoms with van der Waals surface area (Å²) in [6, 6.07) is 0.614. The number of aromatic nitrogens is 4. The first-order chi connectivity index (χ1) is 19.1. The van der Waals surface area contributed by atoms with E-state index >= 15 is 0 Å². The van der Waals surface area contributed by atoms with Gasteiger partial charge in [-0.05, 0) is 27.2 Å². The average Bonchev–Trinajstić information content (AvgIpc) is 3.26. The van der Waals surface area contributed by atoms with Crippen molar-refractivity contribution in [3.63, 3.8) is 0 Å². The van der Waals surface area contributed by atoms with Gasteiger partial charge >= 0.3 is 14.8 Å². The topological polar surface area (TPSA) is 185 Å². The summed E-state index contributed by atoms with van der Waals surface area (Å²) >= 11 is 0. The summed E-state index contributed by atoms with van der Waals surface area (Å²) in [5.74, 6) is -0.750. The molecule has 3 aliphatic rings. The molecule has 3 saturated heterocycles. The lowest BCUT2D eigenvalue weighted by atomic mass is 10.2. The minimum Gasteiger partial charge on any atom is -0.463 e. The van der Waals surface area contributed by atoms with Crippen LogP contribution < -0.4 is 16.6 Å². The smallest absolute Gasteiger partial charge is 0.463 e. The van der Waals surface area contributed by atoms with Crippen LogP contribution in [0.4, 0.5) is 5.95 Å². The highest BCUT2D eigenvalue weighted by molar-refractivity contribution is 6.60. The second-order valence-corrected chi connectivity index (χ2v) is 12.8. The number of nitrogens with zero attached hydrogens (tertiary/aromatic N) is 4. The summed E-state index contributed by atoms with van der Waals surface area (Å²) in [6.45, 7) is 9.30. The van der Waals surface area contributed by atoms with Gasteiger partial charge in [0.1, 0.15) is 13.3 Å². The molecule has 15 nitrogen and oxygen atoms in total. The number of esters is 1. The first kappa shape index (κ1) is 30.1. The van der Waals surface area contributed by atoms with E-state index in [1.54, 1.807) is 0 Å². The molecule has 3 atom stereocenters. The van der Waals surface area contributed by atoms with Crippen LogP contribution in [0.5, 0.6) is 0 Å². The van der Waals surface area contributed by atoms with Crippen molar-refractivity contribution in [3.05, 3.63) is 16.7 Å². The van der Waals surface area contributed by atoms with Crippen molar-refractivity contribution in [3.8, 4) is 0 Å². The van der Waals surface area contributed by atoms with E-state index in [4.69, 9.17) is 28.5 Å². The molecular formula is C24H39N7O8Si. The van der Waals surface area contributed by atoms with Crippen LogP contribution in [0.15, 0.2) is 11.1 Å². The number of anilines is 1. The van der Waals surface area contributed by atoms with Gasteiger partial charge in [-0.2, -0.15) is 4.98 Å². The highest BCUT2D eigenvalue weighted by Gasteiger charge is 2.48. The van der Waals surface area contributed by atoms with E-state index in [1.807, 2.05) is 20.8 Å². The van der Waals surface area contributed by atoms with Gasteiger partial charge in [-0.3, -0.25) is 28.8 Å². The molecule has 0 spiro atoms. The zero-order valence-electron chi connectivity index (χ0n) is 23.2. The Balaban J connectivity index is 1.10. The van der Waals surface area contributed by atoms with Crippen molar-refractivity contribution in [1.29, 1.82) is 0 Å². The number of H-pyrrole nitrogens is 1. The Bertz CT molecular complexity index is 1190. The Morgan fingerprint density at radius 1 is 1.12 bits per heavy atom. The lowest BCUT2D eigenvalue weighted by Crippen LogP contribution is -2.61. The number of aromatic amines is 1. The summed E-state index contributed by atoms with van der Waals surface area (Å²) in [4.78, 5) is 48.8. The number of carbonyl (C=O) groups is 2. The quantitative estimate of drug-likeness (QED) is 0.173. The van der Waals surface area contributed by atoms with E-state index < -0.39 is 20.3 Å². The van der Waals surface area contributed by atoms with E-state index in [1.165, 1.54) is 10.9 Å². The van der Waals surface area contributed by atoms with E-state index in [2.05, 4.69) is 25.2 Å². The number of amides is 1. The fraction of sp³-hybridized carbons (Fsp3) is 0.708. The van der Waals surface area contributed by atoms with Crippen LogP contribution in [0.25, 0.3) is 11.2 Å². The van der Waals surface area contributed by atoms with Gasteiger partial charge in [0, 0.05) is 38.6 Å². The van der Waals surface area contributed by atoms with Gasteiger partial charge in [0.15, 0.2) is 11.2 Å². The molecule has 1 amide bonds. The summed E-state index contributed by atoms with van der Waals surface area (Å²) in [5, 5.41) is 2.85. The van der Waals surface area contributed by atoms with Crippen LogP contribution in [0.2, 0.25) is 6.04 Å². The molecule has 16 heteroatoms. The van der Waals surface area contributed by atoms with Crippen molar-refractivity contribution in [2.45, 2.75) is 71.1 Å². The fourth-order valence-corrected chi connectivity index (χ4v) is 8.15. The highest BCUT2D eigenvalue weighted by atomic mass is 28.4. The summed E-state index contributed by atoms with van der Waals surface area (Å²) in [7, 11) is -2.88. The summed E-state index contributed by atoms with van der Waals surface area (Å²) in [6.07, 6.45) is 2.10. The monoisotopic (exact) mass is 581 g/mol. The Hall–Kier alpha value is -2.89. The molecule has 2 aromatic rings. The van der Waals surface area contributed by atoms with Crippen LogP contribution in [0.1, 0.15) is 40.0 Å². The molecule has 0 aromatic carbocycles. The van der Waals surface area contributed by atoms with Crippen LogP contribution in [-0.2, 0) is 39.1 Å². The Kier molecular flexibility index (Phi) is 10.3. The molecule has 5 rings (SSSR count). The molecule has 0 saturated carbocycles. The first-order valence-corrected chi connectivity index (χ1v) is 15.5. The molecule has 2 bridgehead atoms. The number of fused-ring (bicyclic) bond motifs is 7. The molecule has 2 aromatic heterocycles. The molecule has 3 fully saturated rings. The molecular weight excluding hydrogens is 542 g/mol. The van der Waals surface area contributed by atoms with Crippen LogP contribution in [0, 0.1) is 0 Å². The van der Waals surface area contributed by atoms with Gasteiger partial charge in [-0.1, -0.05) is 0 Å². The number of carbonyl (C=O) groups excluding carboxylic acids is 2. The number of imidazole rings is 1. The van der Waals surface area contributed by atoms with E-state index in [9.17, 15) is 14.4 Å². The van der Waals surface area contributed by atoms with Gasteiger partial charge < -0.3 is 33.8 Å². The molecule has 0 radical (unpaired) electrons. The van der Waals surface area contributed by atoms with Crippen LogP contribution >= 0.6 is 0 Å². The van der Waals surface area contributed by atoms with Crippen molar-refractivity contribution < 1.29 is 32.3 Å². The normalized spacial score (nSPS) is 26.7. The molecule has 3 aliphatic heterocycles. The van der Waals surface area contributed by atoms with Crippen LogP contribution in [-0.4, -0.2) is 103 Å². The second-order valence-electron chi connectivity index (χ2n) is 10.2. The minimum atomic E-state index is -2.88. The van der Waals surface area contributed by atoms with Crippen molar-refractivity contribution >= 4 is 37.8 Å². The molecule has 2 unspecified atom stereocenters. The predicted octanol–water partition coefficient (Wildman–Crippen LogP) is -0.0110. The lowest BCUT2D eigenvalue weighted by molar-refractivity contribution is -0.146. The van der Waals surface area contributed by atoms with Crippen molar-refractivity contribution in [1.82, 2.24) is 29.7 Å². The number of hydrogen-bond acceptors (Lipinski definition) is 12. The van der Waals surface area contributed by atoms with Crippen LogP contribution in [0.3, 0.4) is 0 Å². The highest BCUT2D eigenvalue weighted by Crippen LogP contribution is 2.28. The number of hydrogen-bond donors (Lipinski definition) is 3. The third kappa shape index (κ3) is 8.31. The molecule has 4 N–H and O–H groups in total. The van der Waals surface area contributed by atoms with Gasteiger partial charge in [0.05, 0.1) is 37.7 Å². The van der Waals surface area contributed by atoms with Gasteiger partial charge in [-0.15, -0.1) is 0 Å². The maximum atomic E-state index is 12.3. The van der Waals surface area contributed by atoms with E-state index in [0.29, 0.717) is 24.7 Å². The molecule has 40 heavy (non-hydrogen) atoms. The minimum absolute atomic E-state index is 0.0168. The maximum Gasteiger partial charge on any atom is 0.501 e. The second kappa shape index (κ2) is 13.6. The molecule has 5 heterocycles. The SMILES string of the molecule is CC1CN2CC(C)O[Si](CCCNC(=O)CCC(=O)OCCOCn3cnc4c(=O)[nH]c(N)nc43)(O1)O[C@@H](C)C2. The fourth-order valence-electron chi connectivity index (χ4n) is 4.96. The number of nitrogens with two attached hydrogens (primary N) is 1. The Morgan fingerprint density at radius 2 is 1.80 bits per heavy atom. The third-order valence-electron chi connectivity index (χ3n) is 6.44. The number of nitrogen functional groups attached to an aromatic ring is 1.